The van der Waals surface area contributed by atoms with Crippen LogP contribution in [0, 0.1) is 12.7 Å². The number of fused-ring (bicyclic) bond motifs is 1. The van der Waals surface area contributed by atoms with Crippen molar-refractivity contribution in [3.63, 3.8) is 0 Å². The molecule has 1 amide bonds. The number of hydrogen-bond acceptors (Lipinski definition) is 6. The third-order valence-electron chi connectivity index (χ3n) is 3.86. The highest BCUT2D eigenvalue weighted by atomic mass is 32.1. The second-order valence-electron chi connectivity index (χ2n) is 5.94. The molecule has 5 nitrogen and oxygen atoms in total. The van der Waals surface area contributed by atoms with Crippen molar-refractivity contribution in [2.45, 2.75) is 13.3 Å². The maximum Gasteiger partial charge on any atom is 0.232 e. The summed E-state index contributed by atoms with van der Waals surface area (Å²) in [5.41, 5.74) is 3.41. The van der Waals surface area contributed by atoms with Gasteiger partial charge in [0.2, 0.25) is 5.91 Å². The lowest BCUT2D eigenvalue weighted by molar-refractivity contribution is -0.115. The summed E-state index contributed by atoms with van der Waals surface area (Å²) in [5.74, 6) is -0.451. The van der Waals surface area contributed by atoms with Crippen molar-refractivity contribution in [3.05, 3.63) is 64.9 Å². The van der Waals surface area contributed by atoms with Gasteiger partial charge in [-0.15, -0.1) is 11.3 Å². The summed E-state index contributed by atoms with van der Waals surface area (Å²) < 4.78 is 14.0. The lowest BCUT2D eigenvalue weighted by Gasteiger charge is -2.01. The molecule has 4 aromatic rings. The van der Waals surface area contributed by atoms with Gasteiger partial charge in [0.1, 0.15) is 5.82 Å². The zero-order valence-electron chi connectivity index (χ0n) is 14.3. The van der Waals surface area contributed by atoms with Crippen molar-refractivity contribution in [2.24, 2.45) is 0 Å². The molecular formula is C19H15FN4OS2. The van der Waals surface area contributed by atoms with Crippen LogP contribution in [-0.4, -0.2) is 15.9 Å². The van der Waals surface area contributed by atoms with E-state index in [-0.39, 0.29) is 18.1 Å². The van der Waals surface area contributed by atoms with E-state index in [1.54, 1.807) is 12.1 Å². The Morgan fingerprint density at radius 1 is 1.11 bits per heavy atom. The van der Waals surface area contributed by atoms with Gasteiger partial charge in [0.05, 0.1) is 22.3 Å². The number of thiazole rings is 2. The third kappa shape index (κ3) is 4.12. The Bertz CT molecular complexity index is 1100. The summed E-state index contributed by atoms with van der Waals surface area (Å²) in [5, 5.41) is 9.01. The number of aryl methyl sites for hydroxylation is 1. The lowest BCUT2D eigenvalue weighted by Crippen LogP contribution is -2.14. The molecule has 0 saturated carbocycles. The minimum absolute atomic E-state index is 0.162. The maximum absolute atomic E-state index is 13.0. The number of nitrogens with one attached hydrogen (secondary N) is 2. The van der Waals surface area contributed by atoms with Crippen molar-refractivity contribution in [3.8, 4) is 0 Å². The first-order valence-electron chi connectivity index (χ1n) is 8.20. The van der Waals surface area contributed by atoms with E-state index >= 15 is 0 Å². The molecule has 4 rings (SSSR count). The Kier molecular flexibility index (Phi) is 4.83. The van der Waals surface area contributed by atoms with Crippen LogP contribution < -0.4 is 10.6 Å². The summed E-state index contributed by atoms with van der Waals surface area (Å²) >= 11 is 2.85. The molecule has 0 saturated heterocycles. The Labute approximate surface area is 162 Å². The van der Waals surface area contributed by atoms with Gasteiger partial charge in [-0.25, -0.2) is 14.4 Å². The van der Waals surface area contributed by atoms with Crippen molar-refractivity contribution in [1.29, 1.82) is 0 Å². The van der Waals surface area contributed by atoms with Crippen LogP contribution in [0.4, 0.5) is 20.3 Å². The van der Waals surface area contributed by atoms with Gasteiger partial charge < -0.3 is 10.6 Å². The van der Waals surface area contributed by atoms with Crippen molar-refractivity contribution < 1.29 is 9.18 Å². The molecule has 2 heterocycles. The van der Waals surface area contributed by atoms with Gasteiger partial charge in [-0.2, -0.15) is 0 Å². The van der Waals surface area contributed by atoms with E-state index in [9.17, 15) is 9.18 Å². The molecule has 0 radical (unpaired) electrons. The summed E-state index contributed by atoms with van der Waals surface area (Å²) in [6.07, 6.45) is 0.163. The van der Waals surface area contributed by atoms with Crippen LogP contribution in [0.2, 0.25) is 0 Å². The van der Waals surface area contributed by atoms with Gasteiger partial charge in [0, 0.05) is 11.1 Å². The number of nitrogens with zero attached hydrogens (tertiary/aromatic N) is 2. The number of halogens is 1. The molecule has 0 atom stereocenters. The van der Waals surface area contributed by atoms with Crippen LogP contribution in [0.15, 0.2) is 47.8 Å². The summed E-state index contributed by atoms with van der Waals surface area (Å²) in [6, 6.07) is 12.0. The fourth-order valence-corrected chi connectivity index (χ4v) is 4.26. The van der Waals surface area contributed by atoms with Gasteiger partial charge in [0.15, 0.2) is 10.3 Å². The van der Waals surface area contributed by atoms with E-state index in [4.69, 9.17) is 0 Å². The molecule has 2 N–H and O–H groups in total. The van der Waals surface area contributed by atoms with Crippen LogP contribution >= 0.6 is 22.7 Å². The monoisotopic (exact) mass is 398 g/mol. The van der Waals surface area contributed by atoms with Crippen molar-refractivity contribution in [2.75, 3.05) is 10.6 Å². The third-order valence-corrected chi connectivity index (χ3v) is 5.60. The number of rotatable bonds is 5. The molecule has 0 aliphatic carbocycles. The zero-order chi connectivity index (χ0) is 18.8. The molecule has 27 heavy (non-hydrogen) atoms. The standard InChI is InChI=1S/C19H15FN4OS2/c1-11-3-2-4-15-17(11)24-19(27-15)23-16(25)9-14-10-26-18(22-14)21-13-7-5-12(20)6-8-13/h2-8,10H,9H2,1H3,(H,21,22)(H,23,24,25). The Morgan fingerprint density at radius 2 is 1.93 bits per heavy atom. The van der Waals surface area contributed by atoms with E-state index in [0.29, 0.717) is 16.0 Å². The minimum Gasteiger partial charge on any atom is -0.332 e. The Hall–Kier alpha value is -2.84. The highest BCUT2D eigenvalue weighted by molar-refractivity contribution is 7.22. The zero-order valence-corrected chi connectivity index (χ0v) is 16.0. The molecule has 0 fully saturated rings. The first-order chi connectivity index (χ1) is 13.1. The number of aromatic nitrogens is 2. The number of benzene rings is 2. The van der Waals surface area contributed by atoms with Crippen LogP contribution in [0.1, 0.15) is 11.3 Å². The average Bonchev–Trinajstić information content (AvgIpc) is 3.24. The largest absolute Gasteiger partial charge is 0.332 e. The Morgan fingerprint density at radius 3 is 2.70 bits per heavy atom. The van der Waals surface area contributed by atoms with E-state index in [0.717, 1.165) is 21.5 Å². The number of carbonyl (C=O) groups excluding carboxylic acids is 1. The molecule has 136 valence electrons. The second-order valence-corrected chi connectivity index (χ2v) is 7.83. The Balaban J connectivity index is 1.40. The van der Waals surface area contributed by atoms with E-state index in [1.807, 2.05) is 30.5 Å². The first kappa shape index (κ1) is 17.6. The van der Waals surface area contributed by atoms with E-state index < -0.39 is 0 Å². The number of carbonyl (C=O) groups is 1. The normalized spacial score (nSPS) is 10.9. The van der Waals surface area contributed by atoms with Crippen molar-refractivity contribution in [1.82, 2.24) is 9.97 Å². The summed E-state index contributed by atoms with van der Waals surface area (Å²) in [4.78, 5) is 21.2. The molecule has 8 heteroatoms. The minimum atomic E-state index is -0.290. The average molecular weight is 398 g/mol. The smallest absolute Gasteiger partial charge is 0.232 e. The molecule has 0 aliphatic heterocycles. The van der Waals surface area contributed by atoms with Crippen molar-refractivity contribution >= 4 is 54.7 Å². The fraction of sp³-hybridized carbons (Fsp3) is 0.105. The molecule has 0 spiro atoms. The number of anilines is 3. The van der Waals surface area contributed by atoms with Crippen LogP contribution in [0.5, 0.6) is 0 Å². The summed E-state index contributed by atoms with van der Waals surface area (Å²) in [7, 11) is 0. The second kappa shape index (κ2) is 7.42. The van der Waals surface area contributed by atoms with E-state index in [2.05, 4.69) is 20.6 Å². The van der Waals surface area contributed by atoms with Gasteiger partial charge in [-0.05, 0) is 42.8 Å². The quantitative estimate of drug-likeness (QED) is 0.489. The van der Waals surface area contributed by atoms with Crippen LogP contribution in [-0.2, 0) is 11.2 Å². The molecule has 0 bridgehead atoms. The summed E-state index contributed by atoms with van der Waals surface area (Å²) in [6.45, 7) is 2.00. The number of hydrogen-bond donors (Lipinski definition) is 2. The van der Waals surface area contributed by atoms with E-state index in [1.165, 1.54) is 34.8 Å². The predicted octanol–water partition coefficient (Wildman–Crippen LogP) is 5.13. The predicted molar refractivity (Wildman–Crippen MR) is 108 cm³/mol. The molecule has 2 aromatic carbocycles. The van der Waals surface area contributed by atoms with Gasteiger partial charge in [-0.1, -0.05) is 23.5 Å². The SMILES string of the molecule is Cc1cccc2sc(NC(=O)Cc3csc(Nc4ccc(F)cc4)n3)nc12. The lowest BCUT2D eigenvalue weighted by atomic mass is 10.2. The molecule has 2 aromatic heterocycles. The first-order valence-corrected chi connectivity index (χ1v) is 9.89. The highest BCUT2D eigenvalue weighted by Crippen LogP contribution is 2.28. The van der Waals surface area contributed by atoms with Gasteiger partial charge >= 0.3 is 0 Å². The molecular weight excluding hydrogens is 383 g/mol. The fourth-order valence-electron chi connectivity index (χ4n) is 2.57. The molecule has 0 aliphatic rings. The van der Waals surface area contributed by atoms with Crippen LogP contribution in [0.3, 0.4) is 0 Å². The van der Waals surface area contributed by atoms with Crippen LogP contribution in [0.25, 0.3) is 10.2 Å². The van der Waals surface area contributed by atoms with Gasteiger partial charge in [-0.3, -0.25) is 4.79 Å². The van der Waals surface area contributed by atoms with Gasteiger partial charge in [0.25, 0.3) is 0 Å². The number of para-hydroxylation sites is 1. The maximum atomic E-state index is 13.0. The number of amides is 1. The molecule has 0 unspecified atom stereocenters. The highest BCUT2D eigenvalue weighted by Gasteiger charge is 2.12. The topological polar surface area (TPSA) is 66.9 Å².